The molecule has 4 aromatic rings. The predicted molar refractivity (Wildman–Crippen MR) is 99.3 cm³/mol. The van der Waals surface area contributed by atoms with Crippen LogP contribution in [0.4, 0.5) is 0 Å². The summed E-state index contributed by atoms with van der Waals surface area (Å²) in [7, 11) is 0. The van der Waals surface area contributed by atoms with E-state index in [9.17, 15) is 0 Å². The lowest BCUT2D eigenvalue weighted by molar-refractivity contribution is 0.970. The van der Waals surface area contributed by atoms with Gasteiger partial charge in [-0.15, -0.1) is 10.2 Å². The first-order chi connectivity index (χ1) is 11.5. The van der Waals surface area contributed by atoms with E-state index in [0.717, 1.165) is 10.6 Å². The highest BCUT2D eigenvalue weighted by atomic mass is 35.5. The molecule has 0 aliphatic heterocycles. The zero-order valence-electron chi connectivity index (χ0n) is 12.3. The fourth-order valence-electron chi connectivity index (χ4n) is 2.32. The Morgan fingerprint density at radius 3 is 2.50 bits per heavy atom. The van der Waals surface area contributed by atoms with Gasteiger partial charge in [-0.1, -0.05) is 76.0 Å². The van der Waals surface area contributed by atoms with Gasteiger partial charge in [-0.25, -0.2) is 0 Å². The van der Waals surface area contributed by atoms with Crippen molar-refractivity contribution in [3.8, 4) is 22.0 Å². The van der Waals surface area contributed by atoms with Gasteiger partial charge in [0.25, 0.3) is 0 Å². The normalized spacial score (nSPS) is 11.3. The molecule has 8 heteroatoms. The highest BCUT2D eigenvalue weighted by Gasteiger charge is 2.18. The van der Waals surface area contributed by atoms with Gasteiger partial charge >= 0.3 is 0 Å². The van der Waals surface area contributed by atoms with Gasteiger partial charge in [-0.05, 0) is 19.1 Å². The van der Waals surface area contributed by atoms with Crippen LogP contribution in [0.1, 0.15) is 5.56 Å². The second-order valence-corrected chi connectivity index (χ2v) is 7.42. The summed E-state index contributed by atoms with van der Waals surface area (Å²) in [6.07, 6.45) is 0. The third kappa shape index (κ3) is 2.67. The SMILES string of the molecule is Cc1ccc(-c2nn3c(-c4cc(Cl)cc(Cl)c4Cl)nnc3s2)cc1. The average Bonchev–Trinajstić information content (AvgIpc) is 3.12. The number of benzene rings is 2. The molecule has 4 nitrogen and oxygen atoms in total. The Labute approximate surface area is 156 Å². The quantitative estimate of drug-likeness (QED) is 0.403. The van der Waals surface area contributed by atoms with Gasteiger partial charge in [-0.3, -0.25) is 0 Å². The molecule has 0 atom stereocenters. The zero-order chi connectivity index (χ0) is 16.8. The Bertz CT molecular complexity index is 1050. The molecule has 2 aromatic carbocycles. The number of nitrogens with zero attached hydrogens (tertiary/aromatic N) is 4. The smallest absolute Gasteiger partial charge is 0.182 e. The van der Waals surface area contributed by atoms with Crippen molar-refractivity contribution in [1.29, 1.82) is 0 Å². The molecular formula is C16H9Cl3N4S. The number of hydrogen-bond donors (Lipinski definition) is 0. The van der Waals surface area contributed by atoms with Crippen molar-refractivity contribution in [1.82, 2.24) is 19.8 Å². The molecule has 0 amide bonds. The Hall–Kier alpha value is -1.66. The highest BCUT2D eigenvalue weighted by Crippen LogP contribution is 2.36. The lowest BCUT2D eigenvalue weighted by Crippen LogP contribution is -1.92. The van der Waals surface area contributed by atoms with Crippen LogP contribution in [0.3, 0.4) is 0 Å². The summed E-state index contributed by atoms with van der Waals surface area (Å²) in [6, 6.07) is 11.5. The van der Waals surface area contributed by atoms with Crippen molar-refractivity contribution in [3.05, 3.63) is 57.0 Å². The van der Waals surface area contributed by atoms with E-state index in [1.54, 1.807) is 16.6 Å². The maximum Gasteiger partial charge on any atom is 0.235 e. The first-order valence-corrected chi connectivity index (χ1v) is 8.92. The van der Waals surface area contributed by atoms with E-state index in [0.29, 0.717) is 31.4 Å². The van der Waals surface area contributed by atoms with Crippen molar-refractivity contribution in [2.75, 3.05) is 0 Å². The molecule has 0 bridgehead atoms. The molecule has 0 N–H and O–H groups in total. The maximum absolute atomic E-state index is 6.30. The van der Waals surface area contributed by atoms with Crippen LogP contribution in [0.25, 0.3) is 26.9 Å². The van der Waals surface area contributed by atoms with Crippen LogP contribution in [0.2, 0.25) is 15.1 Å². The summed E-state index contributed by atoms with van der Waals surface area (Å²) < 4.78 is 1.66. The second kappa shape index (κ2) is 6.01. The second-order valence-electron chi connectivity index (χ2n) is 5.24. The Kier molecular flexibility index (Phi) is 3.96. The fourth-order valence-corrected chi connectivity index (χ4v) is 3.85. The van der Waals surface area contributed by atoms with Crippen molar-refractivity contribution in [2.45, 2.75) is 6.92 Å². The van der Waals surface area contributed by atoms with Crippen molar-refractivity contribution in [2.24, 2.45) is 0 Å². The standard InChI is InChI=1S/C16H9Cl3N4S/c1-8-2-4-9(5-3-8)15-22-23-14(20-21-16(23)24-15)11-6-10(17)7-12(18)13(11)19/h2-7H,1H3. The van der Waals surface area contributed by atoms with E-state index in [1.807, 2.05) is 31.2 Å². The van der Waals surface area contributed by atoms with Gasteiger partial charge in [-0.2, -0.15) is 9.61 Å². The van der Waals surface area contributed by atoms with Crippen LogP contribution in [0.5, 0.6) is 0 Å². The van der Waals surface area contributed by atoms with E-state index in [1.165, 1.54) is 16.9 Å². The van der Waals surface area contributed by atoms with Crippen molar-refractivity contribution in [3.63, 3.8) is 0 Å². The molecule has 0 spiro atoms. The van der Waals surface area contributed by atoms with Crippen LogP contribution >= 0.6 is 46.1 Å². The molecule has 24 heavy (non-hydrogen) atoms. The molecule has 0 fully saturated rings. The number of fused-ring (bicyclic) bond motifs is 1. The predicted octanol–water partition coefficient (Wildman–Crippen LogP) is 5.79. The number of halogens is 3. The Morgan fingerprint density at radius 1 is 1.00 bits per heavy atom. The molecule has 0 radical (unpaired) electrons. The molecule has 0 aliphatic carbocycles. The summed E-state index contributed by atoms with van der Waals surface area (Å²) in [5.41, 5.74) is 2.82. The van der Waals surface area contributed by atoms with Gasteiger partial charge in [0.1, 0.15) is 5.01 Å². The number of aryl methyl sites for hydroxylation is 1. The average molecular weight is 396 g/mol. The first kappa shape index (κ1) is 15.8. The van der Waals surface area contributed by atoms with Gasteiger partial charge < -0.3 is 0 Å². The number of rotatable bonds is 2. The summed E-state index contributed by atoms with van der Waals surface area (Å²) in [6.45, 7) is 2.05. The van der Waals surface area contributed by atoms with Crippen LogP contribution in [-0.4, -0.2) is 19.8 Å². The molecule has 0 saturated heterocycles. The molecule has 0 saturated carbocycles. The lowest BCUT2D eigenvalue weighted by Gasteiger charge is -2.04. The topological polar surface area (TPSA) is 43.1 Å². The van der Waals surface area contributed by atoms with Crippen LogP contribution in [-0.2, 0) is 0 Å². The number of aromatic nitrogens is 4. The molecule has 120 valence electrons. The van der Waals surface area contributed by atoms with E-state index >= 15 is 0 Å². The van der Waals surface area contributed by atoms with Crippen molar-refractivity contribution >= 4 is 51.1 Å². The van der Waals surface area contributed by atoms with Crippen LogP contribution in [0.15, 0.2) is 36.4 Å². The van der Waals surface area contributed by atoms with E-state index in [4.69, 9.17) is 34.8 Å². The summed E-state index contributed by atoms with van der Waals surface area (Å²) >= 11 is 20.0. The van der Waals surface area contributed by atoms with Gasteiger partial charge in [0, 0.05) is 16.1 Å². The fraction of sp³-hybridized carbons (Fsp3) is 0.0625. The monoisotopic (exact) mass is 394 g/mol. The maximum atomic E-state index is 6.30. The zero-order valence-corrected chi connectivity index (χ0v) is 15.4. The lowest BCUT2D eigenvalue weighted by atomic mass is 10.2. The van der Waals surface area contributed by atoms with Gasteiger partial charge in [0.05, 0.1) is 10.0 Å². The molecular weight excluding hydrogens is 387 g/mol. The molecule has 2 aromatic heterocycles. The summed E-state index contributed by atoms with van der Waals surface area (Å²) in [4.78, 5) is 0.674. The van der Waals surface area contributed by atoms with Crippen molar-refractivity contribution < 1.29 is 0 Å². The number of hydrogen-bond acceptors (Lipinski definition) is 4. The largest absolute Gasteiger partial charge is 0.235 e. The summed E-state index contributed by atoms with van der Waals surface area (Å²) in [5.74, 6) is 0.508. The molecule has 4 rings (SSSR count). The highest BCUT2D eigenvalue weighted by molar-refractivity contribution is 7.19. The van der Waals surface area contributed by atoms with Crippen LogP contribution in [0, 0.1) is 6.92 Å². The Balaban J connectivity index is 1.88. The van der Waals surface area contributed by atoms with E-state index in [2.05, 4.69) is 15.3 Å². The first-order valence-electron chi connectivity index (χ1n) is 6.97. The summed E-state index contributed by atoms with van der Waals surface area (Å²) in [5, 5.41) is 15.0. The van der Waals surface area contributed by atoms with Gasteiger partial charge in [0.15, 0.2) is 5.82 Å². The third-order valence-corrected chi connectivity index (χ3v) is 5.49. The van der Waals surface area contributed by atoms with Gasteiger partial charge in [0.2, 0.25) is 4.96 Å². The van der Waals surface area contributed by atoms with E-state index in [-0.39, 0.29) is 0 Å². The molecule has 0 aliphatic rings. The minimum Gasteiger partial charge on any atom is -0.182 e. The molecule has 0 unspecified atom stereocenters. The third-order valence-electron chi connectivity index (χ3n) is 3.52. The minimum absolute atomic E-state index is 0.366. The van der Waals surface area contributed by atoms with E-state index < -0.39 is 0 Å². The van der Waals surface area contributed by atoms with Crippen LogP contribution < -0.4 is 0 Å². The minimum atomic E-state index is 0.366. The molecule has 2 heterocycles. The Morgan fingerprint density at radius 2 is 1.75 bits per heavy atom.